The summed E-state index contributed by atoms with van der Waals surface area (Å²) in [5.41, 5.74) is 1.54. The topological polar surface area (TPSA) is 104 Å². The van der Waals surface area contributed by atoms with Crippen LogP contribution >= 0.6 is 11.8 Å². The summed E-state index contributed by atoms with van der Waals surface area (Å²) in [7, 11) is 3.80. The number of pyridine rings is 2. The third kappa shape index (κ3) is 5.02. The van der Waals surface area contributed by atoms with Gasteiger partial charge in [0.15, 0.2) is 10.9 Å². The van der Waals surface area contributed by atoms with Crippen molar-refractivity contribution in [1.29, 1.82) is 0 Å². The fraction of sp³-hybridized carbons (Fsp3) is 0.200. The van der Waals surface area contributed by atoms with Crippen molar-refractivity contribution in [3.63, 3.8) is 0 Å². The number of carbonyl (C=O) groups is 2. The molecule has 1 N–H and O–H groups in total. The summed E-state index contributed by atoms with van der Waals surface area (Å²) in [5, 5.41) is 0.667. The summed E-state index contributed by atoms with van der Waals surface area (Å²) in [6, 6.07) is 12.0. The third-order valence-electron chi connectivity index (χ3n) is 4.19. The van der Waals surface area contributed by atoms with Gasteiger partial charge in [0.1, 0.15) is 11.6 Å². The highest BCUT2D eigenvalue weighted by Gasteiger charge is 2.18. The fourth-order valence-corrected chi connectivity index (χ4v) is 3.76. The van der Waals surface area contributed by atoms with Gasteiger partial charge in [0.25, 0.3) is 11.3 Å². The minimum atomic E-state index is -2.38. The number of benzene rings is 1. The molecular weight excluding hydrogens is 424 g/mol. The Morgan fingerprint density at radius 1 is 1.10 bits per heavy atom. The van der Waals surface area contributed by atoms with Gasteiger partial charge in [-0.2, -0.15) is 0 Å². The summed E-state index contributed by atoms with van der Waals surface area (Å²) in [5.74, 6) is 0.810. The second kappa shape index (κ2) is 9.33. The van der Waals surface area contributed by atoms with Crippen molar-refractivity contribution in [3.05, 3.63) is 54.2 Å². The molecule has 0 fully saturated rings. The summed E-state index contributed by atoms with van der Waals surface area (Å²) < 4.78 is 23.1. The molecule has 0 spiro atoms. The molecule has 0 aliphatic heterocycles. The molecule has 0 saturated heterocycles. The van der Waals surface area contributed by atoms with Gasteiger partial charge in [-0.15, -0.1) is 0 Å². The van der Waals surface area contributed by atoms with E-state index in [-0.39, 0.29) is 22.5 Å². The van der Waals surface area contributed by atoms with E-state index in [4.69, 9.17) is 0 Å². The minimum absolute atomic E-state index is 0.0264. The molecule has 1 unspecified atom stereocenters. The zero-order valence-electron chi connectivity index (χ0n) is 16.6. The maximum absolute atomic E-state index is 12.1. The largest absolute Gasteiger partial charge is 0.363 e. The average molecular weight is 445 g/mol. The lowest BCUT2D eigenvalue weighted by molar-refractivity contribution is -0.109. The van der Waals surface area contributed by atoms with Crippen LogP contribution in [-0.2, 0) is 16.1 Å². The molecule has 30 heavy (non-hydrogen) atoms. The van der Waals surface area contributed by atoms with Crippen molar-refractivity contribution in [2.45, 2.75) is 6.92 Å². The first kappa shape index (κ1) is 21.9. The molecule has 1 aromatic carbocycles. The summed E-state index contributed by atoms with van der Waals surface area (Å²) in [4.78, 5) is 33.7. The zero-order valence-corrected chi connectivity index (χ0v) is 18.2. The fourth-order valence-electron chi connectivity index (χ4n) is 2.70. The van der Waals surface area contributed by atoms with Crippen LogP contribution in [0.4, 0.5) is 17.3 Å². The monoisotopic (exact) mass is 444 g/mol. The Bertz CT molecular complexity index is 1120. The minimum Gasteiger partial charge on any atom is -0.363 e. The Morgan fingerprint density at radius 3 is 2.43 bits per heavy atom. The van der Waals surface area contributed by atoms with Crippen LogP contribution in [0.1, 0.15) is 17.3 Å². The van der Waals surface area contributed by atoms with E-state index in [9.17, 15) is 18.4 Å². The van der Waals surface area contributed by atoms with Crippen molar-refractivity contribution < 1.29 is 18.4 Å². The molecule has 1 atom stereocenters. The van der Waals surface area contributed by atoms with E-state index in [0.717, 1.165) is 32.8 Å². The Hall–Kier alpha value is -2.82. The number of hydrogen-bond acceptors (Lipinski definition) is 7. The molecule has 0 aliphatic carbocycles. The molecule has 3 rings (SSSR count). The second-order valence-electron chi connectivity index (χ2n) is 6.57. The number of Topliss-reactive ketones (excluding diaryl/α,β-unsaturated/α-hetero) is 1. The number of thioether (sulfide) groups is 1. The number of rotatable bonds is 7. The Kier molecular flexibility index (Phi) is 6.80. The van der Waals surface area contributed by atoms with Crippen LogP contribution in [0, 0.1) is 0 Å². The van der Waals surface area contributed by atoms with Gasteiger partial charge >= 0.3 is 0 Å². The van der Waals surface area contributed by atoms with Crippen LogP contribution in [0.3, 0.4) is 0 Å². The van der Waals surface area contributed by atoms with Crippen LogP contribution < -0.4 is 9.21 Å². The van der Waals surface area contributed by atoms with Gasteiger partial charge in [0.05, 0.1) is 17.0 Å². The van der Waals surface area contributed by atoms with Gasteiger partial charge in [-0.05, 0) is 42.5 Å². The van der Waals surface area contributed by atoms with Gasteiger partial charge in [0.2, 0.25) is 0 Å². The van der Waals surface area contributed by atoms with E-state index in [1.54, 1.807) is 18.2 Å². The molecule has 0 radical (unpaired) electrons. The number of hydrogen-bond donors (Lipinski definition) is 1. The quantitative estimate of drug-likeness (QED) is 0.437. The first-order valence-electron chi connectivity index (χ1n) is 8.88. The smallest absolute Gasteiger partial charge is 0.267 e. The maximum atomic E-state index is 12.1. The van der Waals surface area contributed by atoms with Crippen molar-refractivity contribution in [2.24, 2.45) is 0 Å². The van der Waals surface area contributed by atoms with Crippen molar-refractivity contribution in [3.8, 4) is 0 Å². The molecule has 0 amide bonds. The predicted octanol–water partition coefficient (Wildman–Crippen LogP) is 3.43. The van der Waals surface area contributed by atoms with Crippen LogP contribution in [-0.4, -0.2) is 49.5 Å². The molecule has 0 bridgehead atoms. The van der Waals surface area contributed by atoms with Crippen molar-refractivity contribution >= 4 is 62.2 Å². The molecule has 2 aromatic heterocycles. The lowest BCUT2D eigenvalue weighted by Crippen LogP contribution is -2.20. The molecule has 10 heteroatoms. The number of fused-ring (bicyclic) bond motifs is 1. The van der Waals surface area contributed by atoms with Crippen LogP contribution in [0.15, 0.2) is 48.7 Å². The van der Waals surface area contributed by atoms with Gasteiger partial charge in [-0.1, -0.05) is 11.8 Å². The second-order valence-corrected chi connectivity index (χ2v) is 8.55. The molecule has 2 heterocycles. The average Bonchev–Trinajstić information content (AvgIpc) is 2.71. The van der Waals surface area contributed by atoms with Gasteiger partial charge in [-0.25, -0.2) is 18.5 Å². The zero-order chi connectivity index (χ0) is 21.8. The lowest BCUT2D eigenvalue weighted by Gasteiger charge is -2.20. The highest BCUT2D eigenvalue weighted by Crippen LogP contribution is 2.29. The highest BCUT2D eigenvalue weighted by molar-refractivity contribution is 8.14. The van der Waals surface area contributed by atoms with Crippen molar-refractivity contribution in [2.75, 3.05) is 29.1 Å². The Balaban J connectivity index is 1.90. The maximum Gasteiger partial charge on any atom is 0.267 e. The van der Waals surface area contributed by atoms with E-state index >= 15 is 0 Å². The van der Waals surface area contributed by atoms with E-state index < -0.39 is 11.3 Å². The highest BCUT2D eigenvalue weighted by atomic mass is 32.2. The molecule has 8 nitrogen and oxygen atoms in total. The number of anilines is 3. The van der Waals surface area contributed by atoms with Gasteiger partial charge in [-0.3, -0.25) is 14.1 Å². The SMILES string of the molecule is CC(=O)SCC(=O)c1ccc(N(c2ccc3nc(N(C)C)ccc3c2)S(=O)O)nc1. The number of aromatic nitrogens is 2. The molecule has 0 aliphatic rings. The van der Waals surface area contributed by atoms with Crippen LogP contribution in [0.5, 0.6) is 0 Å². The number of ketones is 1. The molecule has 156 valence electrons. The van der Waals surface area contributed by atoms with Crippen LogP contribution in [0.25, 0.3) is 10.9 Å². The summed E-state index contributed by atoms with van der Waals surface area (Å²) >= 11 is -1.45. The number of nitrogens with zero attached hydrogens (tertiary/aromatic N) is 4. The van der Waals surface area contributed by atoms with E-state index in [0.29, 0.717) is 11.3 Å². The Morgan fingerprint density at radius 2 is 1.83 bits per heavy atom. The standard InChI is InChI=1S/C20H20N4O4S2/c1-13(25)29-12-18(26)15-5-8-19(21-11-15)24(30(27)28)16-6-7-17-14(10-16)4-9-20(22-17)23(2)3/h4-11H,12H2,1-3H3,(H,27,28). The normalized spacial score (nSPS) is 11.9. The molecule has 0 saturated carbocycles. The van der Waals surface area contributed by atoms with Crippen LogP contribution in [0.2, 0.25) is 0 Å². The summed E-state index contributed by atoms with van der Waals surface area (Å²) in [6.07, 6.45) is 1.34. The van der Waals surface area contributed by atoms with Gasteiger partial charge < -0.3 is 4.90 Å². The first-order valence-corrected chi connectivity index (χ1v) is 10.9. The predicted molar refractivity (Wildman–Crippen MR) is 121 cm³/mol. The number of carbonyl (C=O) groups excluding carboxylic acids is 2. The van der Waals surface area contributed by atoms with E-state index in [2.05, 4.69) is 9.97 Å². The van der Waals surface area contributed by atoms with E-state index in [1.807, 2.05) is 31.1 Å². The van der Waals surface area contributed by atoms with Gasteiger partial charge in [0, 0.05) is 38.2 Å². The summed E-state index contributed by atoms with van der Waals surface area (Å²) in [6.45, 7) is 1.40. The van der Waals surface area contributed by atoms with E-state index in [1.165, 1.54) is 25.3 Å². The molecular formula is C20H20N4O4S2. The Labute approximate surface area is 180 Å². The first-order chi connectivity index (χ1) is 14.3. The van der Waals surface area contributed by atoms with Crippen molar-refractivity contribution in [1.82, 2.24) is 9.97 Å². The third-order valence-corrected chi connectivity index (χ3v) is 5.71. The molecule has 3 aromatic rings. The lowest BCUT2D eigenvalue weighted by atomic mass is 10.2.